The quantitative estimate of drug-likeness (QED) is 0.324. The van der Waals surface area contributed by atoms with Crippen molar-refractivity contribution in [3.63, 3.8) is 0 Å². The standard InChI is InChI=1S/C25H20N4OS/c1-18-23(16-26-29(18)20-8-4-2-5-9-20)24-17-31-25(28-24)27-19-12-14-22(15-13-19)30-21-10-6-3-7-11-21/h2-17H,1H3,(H,27,28). The highest BCUT2D eigenvalue weighted by atomic mass is 32.1. The van der Waals surface area contributed by atoms with Crippen LogP contribution in [0, 0.1) is 6.92 Å². The summed E-state index contributed by atoms with van der Waals surface area (Å²) >= 11 is 1.57. The van der Waals surface area contributed by atoms with E-state index in [2.05, 4.69) is 22.7 Å². The van der Waals surface area contributed by atoms with E-state index in [1.807, 2.05) is 95.8 Å². The smallest absolute Gasteiger partial charge is 0.187 e. The average molecular weight is 425 g/mol. The predicted molar refractivity (Wildman–Crippen MR) is 126 cm³/mol. The van der Waals surface area contributed by atoms with Crippen LogP contribution < -0.4 is 10.1 Å². The molecule has 0 radical (unpaired) electrons. The van der Waals surface area contributed by atoms with Crippen molar-refractivity contribution in [3.8, 4) is 28.4 Å². The number of ether oxygens (including phenoxy) is 1. The van der Waals surface area contributed by atoms with E-state index in [0.717, 1.165) is 45.0 Å². The molecule has 0 aliphatic rings. The predicted octanol–water partition coefficient (Wildman–Crippen LogP) is 6.84. The summed E-state index contributed by atoms with van der Waals surface area (Å²) in [5.74, 6) is 1.61. The minimum absolute atomic E-state index is 0.792. The SMILES string of the molecule is Cc1c(-c2csc(Nc3ccc(Oc4ccccc4)cc3)n2)cnn1-c1ccccc1. The van der Waals surface area contributed by atoms with Gasteiger partial charge in [0.1, 0.15) is 11.5 Å². The molecular weight excluding hydrogens is 404 g/mol. The minimum Gasteiger partial charge on any atom is -0.457 e. The van der Waals surface area contributed by atoms with Crippen LogP contribution in [0.3, 0.4) is 0 Å². The van der Waals surface area contributed by atoms with Crippen molar-refractivity contribution in [1.29, 1.82) is 0 Å². The van der Waals surface area contributed by atoms with E-state index in [0.29, 0.717) is 0 Å². The summed E-state index contributed by atoms with van der Waals surface area (Å²) in [6.07, 6.45) is 1.87. The number of hydrogen-bond acceptors (Lipinski definition) is 5. The van der Waals surface area contributed by atoms with Gasteiger partial charge >= 0.3 is 0 Å². The zero-order valence-electron chi connectivity index (χ0n) is 16.9. The summed E-state index contributed by atoms with van der Waals surface area (Å²) in [6.45, 7) is 2.06. The molecule has 0 saturated heterocycles. The summed E-state index contributed by atoms with van der Waals surface area (Å²) in [6, 6.07) is 27.7. The first-order valence-corrected chi connectivity index (χ1v) is 10.8. The molecule has 2 aromatic heterocycles. The van der Waals surface area contributed by atoms with Crippen LogP contribution in [-0.4, -0.2) is 14.8 Å². The normalized spacial score (nSPS) is 10.7. The first-order chi connectivity index (χ1) is 15.3. The van der Waals surface area contributed by atoms with E-state index in [1.165, 1.54) is 0 Å². The molecule has 5 rings (SSSR count). The van der Waals surface area contributed by atoms with Gasteiger partial charge in [0.25, 0.3) is 0 Å². The Balaban J connectivity index is 1.30. The Morgan fingerprint density at radius 1 is 0.839 bits per heavy atom. The monoisotopic (exact) mass is 424 g/mol. The molecule has 5 nitrogen and oxygen atoms in total. The molecular formula is C25H20N4OS. The number of hydrogen-bond donors (Lipinski definition) is 1. The molecule has 0 atom stereocenters. The maximum Gasteiger partial charge on any atom is 0.187 e. The molecule has 0 saturated carbocycles. The summed E-state index contributed by atoms with van der Waals surface area (Å²) < 4.78 is 7.79. The van der Waals surface area contributed by atoms with Crippen molar-refractivity contribution in [2.45, 2.75) is 6.92 Å². The number of benzene rings is 3. The Labute approximate surface area is 184 Å². The van der Waals surface area contributed by atoms with E-state index in [1.54, 1.807) is 11.3 Å². The third kappa shape index (κ3) is 4.20. The van der Waals surface area contributed by atoms with Gasteiger partial charge in [-0.05, 0) is 55.5 Å². The number of aromatic nitrogens is 3. The fraction of sp³-hybridized carbons (Fsp3) is 0.0400. The number of thiazole rings is 1. The van der Waals surface area contributed by atoms with Gasteiger partial charge < -0.3 is 10.1 Å². The van der Waals surface area contributed by atoms with Gasteiger partial charge in [0.2, 0.25) is 0 Å². The molecule has 0 unspecified atom stereocenters. The van der Waals surface area contributed by atoms with Gasteiger partial charge in [-0.1, -0.05) is 36.4 Å². The second kappa shape index (κ2) is 8.45. The highest BCUT2D eigenvalue weighted by Gasteiger charge is 2.13. The largest absolute Gasteiger partial charge is 0.457 e. The fourth-order valence-corrected chi connectivity index (χ4v) is 4.03. The Bertz CT molecular complexity index is 1280. The van der Waals surface area contributed by atoms with Crippen LogP contribution in [0.4, 0.5) is 10.8 Å². The van der Waals surface area contributed by atoms with Crippen molar-refractivity contribution in [1.82, 2.24) is 14.8 Å². The number of nitrogens with zero attached hydrogens (tertiary/aromatic N) is 3. The lowest BCUT2D eigenvalue weighted by Gasteiger charge is -2.07. The van der Waals surface area contributed by atoms with Gasteiger partial charge in [-0.15, -0.1) is 11.3 Å². The summed E-state index contributed by atoms with van der Waals surface area (Å²) in [5.41, 5.74) is 5.00. The topological polar surface area (TPSA) is 52.0 Å². The molecule has 0 spiro atoms. The van der Waals surface area contributed by atoms with Crippen LogP contribution in [0.5, 0.6) is 11.5 Å². The Morgan fingerprint density at radius 2 is 1.52 bits per heavy atom. The summed E-state index contributed by atoms with van der Waals surface area (Å²) in [7, 11) is 0. The lowest BCUT2D eigenvalue weighted by atomic mass is 10.2. The molecule has 0 amide bonds. The molecule has 0 bridgehead atoms. The Kier molecular flexibility index (Phi) is 5.21. The lowest BCUT2D eigenvalue weighted by Crippen LogP contribution is -1.98. The molecule has 0 aliphatic heterocycles. The highest BCUT2D eigenvalue weighted by molar-refractivity contribution is 7.14. The second-order valence-electron chi connectivity index (χ2n) is 6.99. The number of anilines is 2. The van der Waals surface area contributed by atoms with Gasteiger partial charge in [-0.3, -0.25) is 0 Å². The fourth-order valence-electron chi connectivity index (χ4n) is 3.30. The molecule has 3 aromatic carbocycles. The molecule has 5 aromatic rings. The van der Waals surface area contributed by atoms with Crippen molar-refractivity contribution in [2.24, 2.45) is 0 Å². The van der Waals surface area contributed by atoms with Crippen molar-refractivity contribution < 1.29 is 4.74 Å². The van der Waals surface area contributed by atoms with Crippen LogP contribution >= 0.6 is 11.3 Å². The Morgan fingerprint density at radius 3 is 2.26 bits per heavy atom. The van der Waals surface area contributed by atoms with E-state index < -0.39 is 0 Å². The van der Waals surface area contributed by atoms with Crippen molar-refractivity contribution in [3.05, 3.63) is 102 Å². The lowest BCUT2D eigenvalue weighted by molar-refractivity contribution is 0.483. The molecule has 31 heavy (non-hydrogen) atoms. The van der Waals surface area contributed by atoms with Crippen LogP contribution in [0.15, 0.2) is 96.5 Å². The van der Waals surface area contributed by atoms with Crippen molar-refractivity contribution in [2.75, 3.05) is 5.32 Å². The molecule has 0 aliphatic carbocycles. The van der Waals surface area contributed by atoms with Gasteiger partial charge in [-0.25, -0.2) is 9.67 Å². The molecule has 152 valence electrons. The van der Waals surface area contributed by atoms with Crippen molar-refractivity contribution >= 4 is 22.2 Å². The molecule has 2 heterocycles. The number of nitrogens with one attached hydrogen (secondary N) is 1. The zero-order chi connectivity index (χ0) is 21.0. The van der Waals surface area contributed by atoms with E-state index in [9.17, 15) is 0 Å². The third-order valence-corrected chi connectivity index (χ3v) is 5.63. The first kappa shape index (κ1) is 19.1. The molecule has 1 N–H and O–H groups in total. The van der Waals surface area contributed by atoms with Crippen LogP contribution in [0.1, 0.15) is 5.69 Å². The highest BCUT2D eigenvalue weighted by Crippen LogP contribution is 2.30. The number of para-hydroxylation sites is 2. The summed E-state index contributed by atoms with van der Waals surface area (Å²) in [4.78, 5) is 4.76. The average Bonchev–Trinajstić information content (AvgIpc) is 3.43. The molecule has 6 heteroatoms. The first-order valence-electron chi connectivity index (χ1n) is 9.92. The molecule has 0 fully saturated rings. The van der Waals surface area contributed by atoms with Crippen LogP contribution in [-0.2, 0) is 0 Å². The van der Waals surface area contributed by atoms with Gasteiger partial charge in [-0.2, -0.15) is 5.10 Å². The Hall–Kier alpha value is -3.90. The maximum atomic E-state index is 5.85. The number of rotatable bonds is 6. The van der Waals surface area contributed by atoms with Crippen LogP contribution in [0.25, 0.3) is 16.9 Å². The van der Waals surface area contributed by atoms with Crippen LogP contribution in [0.2, 0.25) is 0 Å². The van der Waals surface area contributed by atoms with Gasteiger partial charge in [0.15, 0.2) is 5.13 Å². The third-order valence-electron chi connectivity index (χ3n) is 4.88. The minimum atomic E-state index is 0.792. The van der Waals surface area contributed by atoms with E-state index >= 15 is 0 Å². The summed E-state index contributed by atoms with van der Waals surface area (Å²) in [5, 5.41) is 10.8. The van der Waals surface area contributed by atoms with Gasteiger partial charge in [0, 0.05) is 16.6 Å². The second-order valence-corrected chi connectivity index (χ2v) is 7.85. The van der Waals surface area contributed by atoms with Gasteiger partial charge in [0.05, 0.1) is 23.3 Å². The van der Waals surface area contributed by atoms with E-state index in [-0.39, 0.29) is 0 Å². The maximum absolute atomic E-state index is 5.85. The zero-order valence-corrected chi connectivity index (χ0v) is 17.7. The van der Waals surface area contributed by atoms with E-state index in [4.69, 9.17) is 9.72 Å².